The second-order valence-corrected chi connectivity index (χ2v) is 6.73. The molecule has 3 N–H and O–H groups in total. The Bertz CT molecular complexity index is 485. The minimum atomic E-state index is 0.0148. The summed E-state index contributed by atoms with van der Waals surface area (Å²) in [6.07, 6.45) is 2.19. The lowest BCUT2D eigenvalue weighted by molar-refractivity contribution is 0.0728. The van der Waals surface area contributed by atoms with E-state index in [1.54, 1.807) is 7.11 Å². The number of methoxy groups -OCH3 is 1. The van der Waals surface area contributed by atoms with Gasteiger partial charge in [-0.15, -0.1) is 0 Å². The fourth-order valence-corrected chi connectivity index (χ4v) is 2.99. The number of carbonyl (C=O) groups is 1. The zero-order chi connectivity index (χ0) is 15.4. The highest BCUT2D eigenvalue weighted by atomic mass is 32.1. The molecule has 1 amide bonds. The van der Waals surface area contributed by atoms with Crippen molar-refractivity contribution >= 4 is 28.2 Å². The van der Waals surface area contributed by atoms with Gasteiger partial charge in [0.2, 0.25) is 0 Å². The van der Waals surface area contributed by atoms with Crippen LogP contribution in [-0.2, 0) is 4.74 Å². The molecule has 1 fully saturated rings. The van der Waals surface area contributed by atoms with Gasteiger partial charge in [0.1, 0.15) is 10.7 Å². The summed E-state index contributed by atoms with van der Waals surface area (Å²) in [6.45, 7) is 6.25. The number of ether oxygens (including phenoxy) is 1. The summed E-state index contributed by atoms with van der Waals surface area (Å²) >= 11 is 1.32. The topological polar surface area (TPSA) is 80.5 Å². The molecule has 1 heterocycles. The fraction of sp³-hybridized carbons (Fsp3) is 0.714. The van der Waals surface area contributed by atoms with E-state index in [1.165, 1.54) is 11.3 Å². The molecule has 0 aromatic carbocycles. The lowest BCUT2D eigenvalue weighted by atomic mass is 10.2. The van der Waals surface area contributed by atoms with Crippen molar-refractivity contribution in [1.29, 1.82) is 0 Å². The minimum Gasteiger partial charge on any atom is -0.383 e. The molecule has 0 spiro atoms. The van der Waals surface area contributed by atoms with Crippen LogP contribution in [0.1, 0.15) is 36.4 Å². The van der Waals surface area contributed by atoms with Gasteiger partial charge in [0.25, 0.3) is 5.91 Å². The number of nitrogens with two attached hydrogens (primary N) is 1. The number of nitrogens with one attached hydrogen (secondary N) is 1. The van der Waals surface area contributed by atoms with Crippen LogP contribution in [-0.4, -0.2) is 48.6 Å². The van der Waals surface area contributed by atoms with Gasteiger partial charge in [-0.2, -0.15) is 0 Å². The van der Waals surface area contributed by atoms with Crippen LogP contribution in [0.4, 0.5) is 10.9 Å². The van der Waals surface area contributed by atoms with E-state index in [4.69, 9.17) is 10.5 Å². The highest BCUT2D eigenvalue weighted by Gasteiger charge is 2.35. The summed E-state index contributed by atoms with van der Waals surface area (Å²) in [6, 6.07) is 0.381. The summed E-state index contributed by atoms with van der Waals surface area (Å²) in [4.78, 5) is 19.4. The smallest absolute Gasteiger partial charge is 0.268 e. The highest BCUT2D eigenvalue weighted by molar-refractivity contribution is 7.18. The molecule has 6 nitrogen and oxygen atoms in total. The van der Waals surface area contributed by atoms with Crippen LogP contribution in [0.2, 0.25) is 0 Å². The lowest BCUT2D eigenvalue weighted by Gasteiger charge is -2.23. The molecule has 0 aliphatic heterocycles. The fourth-order valence-electron chi connectivity index (χ4n) is 2.13. The van der Waals surface area contributed by atoms with E-state index < -0.39 is 0 Å². The predicted octanol–water partition coefficient (Wildman–Crippen LogP) is 2.04. The Morgan fingerprint density at radius 3 is 2.86 bits per heavy atom. The number of nitrogens with zero attached hydrogens (tertiary/aromatic N) is 2. The number of anilines is 2. The van der Waals surface area contributed by atoms with Crippen molar-refractivity contribution in [3.05, 3.63) is 4.88 Å². The van der Waals surface area contributed by atoms with Crippen molar-refractivity contribution in [2.45, 2.75) is 32.7 Å². The van der Waals surface area contributed by atoms with Crippen LogP contribution in [0.15, 0.2) is 0 Å². The normalized spacial score (nSPS) is 14.5. The second-order valence-electron chi connectivity index (χ2n) is 5.74. The van der Waals surface area contributed by atoms with Gasteiger partial charge >= 0.3 is 0 Å². The van der Waals surface area contributed by atoms with Gasteiger partial charge < -0.3 is 20.7 Å². The monoisotopic (exact) mass is 312 g/mol. The molecule has 0 unspecified atom stereocenters. The molecule has 7 heteroatoms. The Labute approximate surface area is 129 Å². The molecule has 2 rings (SSSR count). The Morgan fingerprint density at radius 2 is 2.29 bits per heavy atom. The SMILES string of the molecule is COCCNc1nc(N)c(C(=O)N(CC(C)C)C2CC2)s1. The van der Waals surface area contributed by atoms with E-state index in [9.17, 15) is 4.79 Å². The van der Waals surface area contributed by atoms with Gasteiger partial charge in [0.15, 0.2) is 5.13 Å². The van der Waals surface area contributed by atoms with E-state index in [1.807, 2.05) is 4.90 Å². The molecule has 1 aliphatic carbocycles. The zero-order valence-electron chi connectivity index (χ0n) is 12.9. The lowest BCUT2D eigenvalue weighted by Crippen LogP contribution is -2.36. The Morgan fingerprint density at radius 1 is 1.57 bits per heavy atom. The van der Waals surface area contributed by atoms with E-state index in [0.29, 0.717) is 40.9 Å². The highest BCUT2D eigenvalue weighted by Crippen LogP contribution is 2.32. The molecule has 1 saturated carbocycles. The molecule has 0 atom stereocenters. The molecule has 118 valence electrons. The van der Waals surface area contributed by atoms with Gasteiger partial charge in [0.05, 0.1) is 6.61 Å². The summed E-state index contributed by atoms with van der Waals surface area (Å²) < 4.78 is 4.98. The van der Waals surface area contributed by atoms with E-state index in [2.05, 4.69) is 24.1 Å². The second kappa shape index (κ2) is 7.09. The number of carbonyl (C=O) groups excluding carboxylic acids is 1. The Kier molecular flexibility index (Phi) is 5.41. The molecule has 0 radical (unpaired) electrons. The first-order valence-electron chi connectivity index (χ1n) is 7.33. The van der Waals surface area contributed by atoms with E-state index >= 15 is 0 Å². The summed E-state index contributed by atoms with van der Waals surface area (Å²) in [5.41, 5.74) is 5.92. The van der Waals surface area contributed by atoms with Crippen molar-refractivity contribution in [2.75, 3.05) is 37.9 Å². The van der Waals surface area contributed by atoms with Crippen LogP contribution in [0.3, 0.4) is 0 Å². The standard InChI is InChI=1S/C14H24N4O2S/c1-9(2)8-18(10-4-5-10)13(19)11-12(15)17-14(21-11)16-6-7-20-3/h9-10H,4-8,15H2,1-3H3,(H,16,17). The third kappa shape index (κ3) is 4.31. The molecule has 0 bridgehead atoms. The molecule has 0 saturated heterocycles. The summed E-state index contributed by atoms with van der Waals surface area (Å²) in [5, 5.41) is 3.79. The summed E-state index contributed by atoms with van der Waals surface area (Å²) in [7, 11) is 1.65. The quantitative estimate of drug-likeness (QED) is 0.718. The van der Waals surface area contributed by atoms with Gasteiger partial charge in [-0.05, 0) is 18.8 Å². The van der Waals surface area contributed by atoms with E-state index in [0.717, 1.165) is 19.4 Å². The van der Waals surface area contributed by atoms with Crippen LogP contribution in [0.25, 0.3) is 0 Å². The first-order chi connectivity index (χ1) is 10.0. The predicted molar refractivity (Wildman–Crippen MR) is 85.8 cm³/mol. The number of thiazole rings is 1. The molecule has 1 aliphatic rings. The van der Waals surface area contributed by atoms with Crippen LogP contribution >= 0.6 is 11.3 Å². The zero-order valence-corrected chi connectivity index (χ0v) is 13.7. The summed E-state index contributed by atoms with van der Waals surface area (Å²) in [5.74, 6) is 0.781. The van der Waals surface area contributed by atoms with Crippen molar-refractivity contribution in [2.24, 2.45) is 5.92 Å². The van der Waals surface area contributed by atoms with Crippen molar-refractivity contribution < 1.29 is 9.53 Å². The maximum absolute atomic E-state index is 12.7. The largest absolute Gasteiger partial charge is 0.383 e. The molecular weight excluding hydrogens is 288 g/mol. The van der Waals surface area contributed by atoms with Gasteiger partial charge in [-0.1, -0.05) is 25.2 Å². The number of aromatic nitrogens is 1. The van der Waals surface area contributed by atoms with Gasteiger partial charge in [0, 0.05) is 26.2 Å². The number of nitrogen functional groups attached to an aromatic ring is 1. The third-order valence-corrected chi connectivity index (χ3v) is 4.26. The minimum absolute atomic E-state index is 0.0148. The Balaban J connectivity index is 2.06. The maximum Gasteiger partial charge on any atom is 0.268 e. The van der Waals surface area contributed by atoms with Crippen molar-refractivity contribution in [3.8, 4) is 0 Å². The Hall–Kier alpha value is -1.34. The van der Waals surface area contributed by atoms with Gasteiger partial charge in [-0.3, -0.25) is 4.79 Å². The van der Waals surface area contributed by atoms with Crippen LogP contribution < -0.4 is 11.1 Å². The van der Waals surface area contributed by atoms with E-state index in [-0.39, 0.29) is 5.91 Å². The number of hydrogen-bond acceptors (Lipinski definition) is 6. The van der Waals surface area contributed by atoms with Crippen LogP contribution in [0, 0.1) is 5.92 Å². The number of rotatable bonds is 8. The molecule has 1 aromatic heterocycles. The van der Waals surface area contributed by atoms with Crippen LogP contribution in [0.5, 0.6) is 0 Å². The molecular formula is C14H24N4O2S. The number of hydrogen-bond donors (Lipinski definition) is 2. The molecule has 1 aromatic rings. The first kappa shape index (κ1) is 16.0. The first-order valence-corrected chi connectivity index (χ1v) is 8.14. The third-order valence-electron chi connectivity index (χ3n) is 3.24. The average molecular weight is 312 g/mol. The van der Waals surface area contributed by atoms with Gasteiger partial charge in [-0.25, -0.2) is 4.98 Å². The van der Waals surface area contributed by atoms with Crippen molar-refractivity contribution in [3.63, 3.8) is 0 Å². The van der Waals surface area contributed by atoms with Crippen molar-refractivity contribution in [1.82, 2.24) is 9.88 Å². The molecule has 21 heavy (non-hydrogen) atoms. The number of amides is 1. The average Bonchev–Trinajstić information content (AvgIpc) is 3.19. The maximum atomic E-state index is 12.7.